The summed E-state index contributed by atoms with van der Waals surface area (Å²) in [6.45, 7) is 2.91. The van der Waals surface area contributed by atoms with E-state index in [9.17, 15) is 17.2 Å². The zero-order valence-electron chi connectivity index (χ0n) is 11.3. The number of rotatable bonds is 4. The molecule has 0 unspecified atom stereocenters. The van der Waals surface area contributed by atoms with Gasteiger partial charge < -0.3 is 4.90 Å². The van der Waals surface area contributed by atoms with Crippen molar-refractivity contribution in [1.29, 1.82) is 0 Å². The summed E-state index contributed by atoms with van der Waals surface area (Å²) in [5.41, 5.74) is -0.0694. The summed E-state index contributed by atoms with van der Waals surface area (Å²) in [7, 11) is -3.24. The minimum absolute atomic E-state index is 0.0694. The number of nitrogens with zero attached hydrogens (tertiary/aromatic N) is 2. The Morgan fingerprint density at radius 1 is 1.10 bits per heavy atom. The Morgan fingerprint density at radius 3 is 2.15 bits per heavy atom. The third-order valence-electron chi connectivity index (χ3n) is 3.35. The number of anilines is 1. The first-order valence-corrected chi connectivity index (χ1v) is 8.23. The molecule has 2 rings (SSSR count). The monoisotopic (exact) mass is 304 g/mol. The van der Waals surface area contributed by atoms with E-state index < -0.39 is 21.7 Å². The number of hydrogen-bond donors (Lipinski definition) is 0. The third kappa shape index (κ3) is 3.09. The van der Waals surface area contributed by atoms with Crippen molar-refractivity contribution in [1.82, 2.24) is 4.31 Å². The number of para-hydroxylation sites is 1. The van der Waals surface area contributed by atoms with E-state index in [-0.39, 0.29) is 24.5 Å². The topological polar surface area (TPSA) is 40.6 Å². The van der Waals surface area contributed by atoms with Gasteiger partial charge in [-0.15, -0.1) is 0 Å². The Kier molecular flexibility index (Phi) is 4.59. The Labute approximate surface area is 118 Å². The van der Waals surface area contributed by atoms with Gasteiger partial charge in [0.25, 0.3) is 0 Å². The summed E-state index contributed by atoms with van der Waals surface area (Å²) in [6, 6.07) is 3.73. The summed E-state index contributed by atoms with van der Waals surface area (Å²) in [5.74, 6) is -1.12. The van der Waals surface area contributed by atoms with Crippen molar-refractivity contribution >= 4 is 15.7 Å². The zero-order chi connectivity index (χ0) is 14.8. The Bertz CT molecular complexity index is 549. The van der Waals surface area contributed by atoms with Gasteiger partial charge in [0.1, 0.15) is 17.3 Å². The second-order valence-electron chi connectivity index (χ2n) is 4.77. The van der Waals surface area contributed by atoms with Gasteiger partial charge in [0.2, 0.25) is 10.0 Å². The molecule has 1 aromatic carbocycles. The SMILES string of the molecule is CCCS(=O)(=O)N1CCN(c2c(F)cccc2F)CC1. The van der Waals surface area contributed by atoms with Crippen LogP contribution in [0.4, 0.5) is 14.5 Å². The standard InChI is InChI=1S/C13H18F2N2O2S/c1-2-10-20(18,19)17-8-6-16(7-9-17)13-11(14)4-3-5-12(13)15/h3-5H,2,6-10H2,1H3. The van der Waals surface area contributed by atoms with Gasteiger partial charge in [-0.05, 0) is 18.6 Å². The number of sulfonamides is 1. The summed E-state index contributed by atoms with van der Waals surface area (Å²) in [4.78, 5) is 1.56. The van der Waals surface area contributed by atoms with Crippen LogP contribution in [0.15, 0.2) is 18.2 Å². The maximum Gasteiger partial charge on any atom is 0.214 e. The van der Waals surface area contributed by atoms with Crippen molar-refractivity contribution in [2.75, 3.05) is 36.8 Å². The fourth-order valence-corrected chi connectivity index (χ4v) is 3.86. The fourth-order valence-electron chi connectivity index (χ4n) is 2.37. The molecule has 1 aliphatic heterocycles. The van der Waals surface area contributed by atoms with Crippen LogP contribution < -0.4 is 4.90 Å². The third-order valence-corrected chi connectivity index (χ3v) is 5.42. The Hall–Kier alpha value is -1.21. The van der Waals surface area contributed by atoms with Gasteiger partial charge in [0, 0.05) is 26.2 Å². The average molecular weight is 304 g/mol. The molecule has 0 atom stereocenters. The van der Waals surface area contributed by atoms with E-state index >= 15 is 0 Å². The van der Waals surface area contributed by atoms with Crippen molar-refractivity contribution in [3.63, 3.8) is 0 Å². The van der Waals surface area contributed by atoms with Crippen LogP contribution in [0, 0.1) is 11.6 Å². The Balaban J connectivity index is 2.09. The highest BCUT2D eigenvalue weighted by molar-refractivity contribution is 7.89. The largest absolute Gasteiger partial charge is 0.364 e. The molecular formula is C13H18F2N2O2S. The smallest absolute Gasteiger partial charge is 0.214 e. The van der Waals surface area contributed by atoms with Crippen molar-refractivity contribution in [3.8, 4) is 0 Å². The molecule has 0 spiro atoms. The fraction of sp³-hybridized carbons (Fsp3) is 0.538. The lowest BCUT2D eigenvalue weighted by molar-refractivity contribution is 0.380. The van der Waals surface area contributed by atoms with E-state index in [4.69, 9.17) is 0 Å². The molecule has 1 aromatic rings. The summed E-state index contributed by atoms with van der Waals surface area (Å²) in [5, 5.41) is 0. The van der Waals surface area contributed by atoms with Gasteiger partial charge in [-0.2, -0.15) is 4.31 Å². The van der Waals surface area contributed by atoms with Gasteiger partial charge >= 0.3 is 0 Å². The van der Waals surface area contributed by atoms with Crippen LogP contribution in [0.2, 0.25) is 0 Å². The number of hydrogen-bond acceptors (Lipinski definition) is 3. The molecule has 4 nitrogen and oxygen atoms in total. The molecule has 0 bridgehead atoms. The molecule has 1 aliphatic rings. The maximum atomic E-state index is 13.7. The number of benzene rings is 1. The van der Waals surface area contributed by atoms with Crippen LogP contribution in [0.25, 0.3) is 0 Å². The molecule has 7 heteroatoms. The molecule has 0 radical (unpaired) electrons. The van der Waals surface area contributed by atoms with Gasteiger partial charge in [-0.1, -0.05) is 13.0 Å². The predicted octanol–water partition coefficient (Wildman–Crippen LogP) is 1.83. The minimum atomic E-state index is -3.24. The van der Waals surface area contributed by atoms with Gasteiger partial charge in [0.05, 0.1) is 5.75 Å². The molecule has 0 amide bonds. The lowest BCUT2D eigenvalue weighted by Gasteiger charge is -2.35. The van der Waals surface area contributed by atoms with Crippen LogP contribution in [0.5, 0.6) is 0 Å². The molecule has 0 N–H and O–H groups in total. The zero-order valence-corrected chi connectivity index (χ0v) is 12.2. The van der Waals surface area contributed by atoms with Crippen molar-refractivity contribution in [2.45, 2.75) is 13.3 Å². The van der Waals surface area contributed by atoms with Crippen LogP contribution in [0.1, 0.15) is 13.3 Å². The van der Waals surface area contributed by atoms with Crippen LogP contribution in [-0.4, -0.2) is 44.7 Å². The van der Waals surface area contributed by atoms with Crippen LogP contribution in [-0.2, 0) is 10.0 Å². The van der Waals surface area contributed by atoms with E-state index in [1.165, 1.54) is 22.5 Å². The van der Waals surface area contributed by atoms with Gasteiger partial charge in [0.15, 0.2) is 0 Å². The number of piperazine rings is 1. The highest BCUT2D eigenvalue weighted by Crippen LogP contribution is 2.24. The summed E-state index contributed by atoms with van der Waals surface area (Å²) < 4.78 is 52.6. The first-order valence-electron chi connectivity index (χ1n) is 6.62. The van der Waals surface area contributed by atoms with Crippen molar-refractivity contribution in [2.24, 2.45) is 0 Å². The normalized spacial score (nSPS) is 17.4. The summed E-state index contributed by atoms with van der Waals surface area (Å²) >= 11 is 0. The first-order chi connectivity index (χ1) is 9.45. The highest BCUT2D eigenvalue weighted by Gasteiger charge is 2.28. The molecule has 1 heterocycles. The second kappa shape index (κ2) is 6.05. The van der Waals surface area contributed by atoms with E-state index in [2.05, 4.69) is 0 Å². The minimum Gasteiger partial charge on any atom is -0.364 e. The molecule has 0 aromatic heterocycles. The summed E-state index contributed by atoms with van der Waals surface area (Å²) in [6.07, 6.45) is 0.560. The maximum absolute atomic E-state index is 13.7. The van der Waals surface area contributed by atoms with Crippen molar-refractivity contribution < 1.29 is 17.2 Å². The quantitative estimate of drug-likeness (QED) is 0.852. The second-order valence-corrected chi connectivity index (χ2v) is 6.86. The highest BCUT2D eigenvalue weighted by atomic mass is 32.2. The lowest BCUT2D eigenvalue weighted by atomic mass is 10.2. The molecule has 20 heavy (non-hydrogen) atoms. The molecular weight excluding hydrogens is 286 g/mol. The Morgan fingerprint density at radius 2 is 1.65 bits per heavy atom. The lowest BCUT2D eigenvalue weighted by Crippen LogP contribution is -2.49. The predicted molar refractivity (Wildman–Crippen MR) is 74.2 cm³/mol. The first kappa shape index (κ1) is 15.2. The molecule has 112 valence electrons. The van der Waals surface area contributed by atoms with Gasteiger partial charge in [-0.3, -0.25) is 0 Å². The molecule has 0 saturated carbocycles. The van der Waals surface area contributed by atoms with Crippen LogP contribution in [0.3, 0.4) is 0 Å². The van der Waals surface area contributed by atoms with E-state index in [1.54, 1.807) is 4.90 Å². The van der Waals surface area contributed by atoms with E-state index in [1.807, 2.05) is 6.92 Å². The van der Waals surface area contributed by atoms with Crippen molar-refractivity contribution in [3.05, 3.63) is 29.8 Å². The average Bonchev–Trinajstić information content (AvgIpc) is 2.39. The molecule has 1 saturated heterocycles. The number of halogens is 2. The molecule has 0 aliphatic carbocycles. The van der Waals surface area contributed by atoms with Crippen LogP contribution >= 0.6 is 0 Å². The van der Waals surface area contributed by atoms with E-state index in [0.29, 0.717) is 19.5 Å². The van der Waals surface area contributed by atoms with Gasteiger partial charge in [-0.25, -0.2) is 17.2 Å². The van der Waals surface area contributed by atoms with E-state index in [0.717, 1.165) is 0 Å². The molecule has 1 fully saturated rings.